The first-order valence-corrected chi connectivity index (χ1v) is 11.9. The topological polar surface area (TPSA) is 70.4 Å². The minimum absolute atomic E-state index is 0. The van der Waals surface area contributed by atoms with Gasteiger partial charge in [0.15, 0.2) is 5.96 Å². The maximum atomic E-state index is 4.89. The molecule has 7 nitrogen and oxygen atoms in total. The number of nitrogens with zero attached hydrogens (tertiary/aromatic N) is 5. The zero-order valence-corrected chi connectivity index (χ0v) is 22.0. The predicted octanol–water partition coefficient (Wildman–Crippen LogP) is 4.02. The molecule has 0 spiro atoms. The standard InChI is InChI=1S/C24H39N7.HI/c1-3-23-29-27-20-31(23)19-15-26-24(28-21(2)22-12-7-6-8-13-22)25-14-11-18-30-16-9-4-5-10-17-30;/h6-8,12-13,20-21H,3-5,9-11,14-19H2,1-2H3,(H2,25,26,28);1H. The largest absolute Gasteiger partial charge is 0.355 e. The highest BCUT2D eigenvalue weighted by Gasteiger charge is 2.10. The van der Waals surface area contributed by atoms with Gasteiger partial charge in [0.05, 0.1) is 6.04 Å². The number of aliphatic imine (C=N–C) groups is 1. The Morgan fingerprint density at radius 2 is 1.84 bits per heavy atom. The Balaban J connectivity index is 0.00000363. The fraction of sp³-hybridized carbons (Fsp3) is 0.625. The van der Waals surface area contributed by atoms with Crippen LogP contribution in [0.3, 0.4) is 0 Å². The summed E-state index contributed by atoms with van der Waals surface area (Å²) in [6, 6.07) is 10.7. The van der Waals surface area contributed by atoms with Crippen molar-refractivity contribution in [1.29, 1.82) is 0 Å². The molecule has 0 radical (unpaired) electrons. The van der Waals surface area contributed by atoms with Crippen LogP contribution in [0, 0.1) is 0 Å². The van der Waals surface area contributed by atoms with Crippen LogP contribution in [0.5, 0.6) is 0 Å². The Hall–Kier alpha value is -1.68. The van der Waals surface area contributed by atoms with Crippen LogP contribution in [0.4, 0.5) is 0 Å². The van der Waals surface area contributed by atoms with Crippen molar-refractivity contribution in [1.82, 2.24) is 30.3 Å². The molecule has 1 unspecified atom stereocenters. The van der Waals surface area contributed by atoms with Crippen molar-refractivity contribution < 1.29 is 0 Å². The fourth-order valence-corrected chi connectivity index (χ4v) is 4.06. The monoisotopic (exact) mass is 553 g/mol. The second kappa shape index (κ2) is 15.2. The van der Waals surface area contributed by atoms with Crippen molar-refractivity contribution in [3.05, 3.63) is 48.0 Å². The van der Waals surface area contributed by atoms with Gasteiger partial charge in [-0.3, -0.25) is 4.99 Å². The molecular formula is C24H40IN7. The van der Waals surface area contributed by atoms with Crippen LogP contribution in [0.2, 0.25) is 0 Å². The van der Waals surface area contributed by atoms with Gasteiger partial charge in [-0.05, 0) is 51.4 Å². The molecule has 1 atom stereocenters. The number of aryl methyl sites for hydroxylation is 1. The van der Waals surface area contributed by atoms with Crippen LogP contribution in [0.1, 0.15) is 63.4 Å². The molecule has 2 aromatic rings. The Morgan fingerprint density at radius 3 is 2.56 bits per heavy atom. The molecular weight excluding hydrogens is 513 g/mol. The lowest BCUT2D eigenvalue weighted by atomic mass is 10.1. The molecule has 32 heavy (non-hydrogen) atoms. The molecule has 1 aromatic carbocycles. The van der Waals surface area contributed by atoms with Crippen LogP contribution in [-0.4, -0.2) is 58.3 Å². The first-order valence-electron chi connectivity index (χ1n) is 11.9. The van der Waals surface area contributed by atoms with E-state index in [0.717, 1.165) is 50.8 Å². The molecule has 1 aliphatic heterocycles. The number of rotatable bonds is 10. The quantitative estimate of drug-likeness (QED) is 0.201. The molecule has 1 fully saturated rings. The summed E-state index contributed by atoms with van der Waals surface area (Å²) in [4.78, 5) is 7.49. The molecule has 3 rings (SSSR count). The van der Waals surface area contributed by atoms with Gasteiger partial charge in [0, 0.05) is 26.1 Å². The first kappa shape index (κ1) is 26.6. The second-order valence-corrected chi connectivity index (χ2v) is 8.34. The van der Waals surface area contributed by atoms with E-state index in [9.17, 15) is 0 Å². The van der Waals surface area contributed by atoms with Crippen molar-refractivity contribution >= 4 is 29.9 Å². The highest BCUT2D eigenvalue weighted by Crippen LogP contribution is 2.11. The summed E-state index contributed by atoms with van der Waals surface area (Å²) in [7, 11) is 0. The van der Waals surface area contributed by atoms with Crippen LogP contribution in [0.15, 0.2) is 41.7 Å². The number of halogens is 1. The van der Waals surface area contributed by atoms with Crippen LogP contribution in [-0.2, 0) is 13.0 Å². The summed E-state index contributed by atoms with van der Waals surface area (Å²) in [6.45, 7) is 10.4. The SMILES string of the molecule is CCc1nncn1CCNC(=NCCCN1CCCCCC1)NC(C)c1ccccc1.I. The Kier molecular flexibility index (Phi) is 12.6. The molecule has 1 aromatic heterocycles. The third-order valence-electron chi connectivity index (χ3n) is 5.91. The molecule has 2 N–H and O–H groups in total. The van der Waals surface area contributed by atoms with Crippen LogP contribution < -0.4 is 10.6 Å². The highest BCUT2D eigenvalue weighted by molar-refractivity contribution is 14.0. The van der Waals surface area contributed by atoms with Crippen molar-refractivity contribution in [2.75, 3.05) is 32.7 Å². The van der Waals surface area contributed by atoms with Gasteiger partial charge in [-0.1, -0.05) is 50.1 Å². The van der Waals surface area contributed by atoms with E-state index in [0.29, 0.717) is 0 Å². The Bertz CT molecular complexity index is 770. The number of nitrogens with one attached hydrogen (secondary N) is 2. The number of aromatic nitrogens is 3. The number of guanidine groups is 1. The summed E-state index contributed by atoms with van der Waals surface area (Å²) in [5.74, 6) is 1.89. The molecule has 0 amide bonds. The van der Waals surface area contributed by atoms with Crippen molar-refractivity contribution in [2.45, 2.75) is 65.0 Å². The zero-order valence-electron chi connectivity index (χ0n) is 19.7. The molecule has 0 aliphatic carbocycles. The smallest absolute Gasteiger partial charge is 0.191 e. The van der Waals surface area contributed by atoms with E-state index in [4.69, 9.17) is 4.99 Å². The van der Waals surface area contributed by atoms with E-state index >= 15 is 0 Å². The summed E-state index contributed by atoms with van der Waals surface area (Å²) in [6.07, 6.45) is 9.24. The number of benzene rings is 1. The van der Waals surface area contributed by atoms with E-state index in [1.165, 1.54) is 44.3 Å². The van der Waals surface area contributed by atoms with Gasteiger partial charge in [-0.2, -0.15) is 0 Å². The molecule has 2 heterocycles. The summed E-state index contributed by atoms with van der Waals surface area (Å²) >= 11 is 0. The maximum absolute atomic E-state index is 4.89. The van der Waals surface area contributed by atoms with E-state index in [2.05, 4.69) is 74.5 Å². The normalized spacial score (nSPS) is 16.1. The van der Waals surface area contributed by atoms with Crippen molar-refractivity contribution in [3.63, 3.8) is 0 Å². The van der Waals surface area contributed by atoms with E-state index < -0.39 is 0 Å². The van der Waals surface area contributed by atoms with Gasteiger partial charge >= 0.3 is 0 Å². The molecule has 0 saturated carbocycles. The minimum Gasteiger partial charge on any atom is -0.355 e. The number of likely N-dealkylation sites (tertiary alicyclic amines) is 1. The third-order valence-corrected chi connectivity index (χ3v) is 5.91. The first-order chi connectivity index (χ1) is 15.3. The maximum Gasteiger partial charge on any atom is 0.191 e. The summed E-state index contributed by atoms with van der Waals surface area (Å²) in [5, 5.41) is 15.3. The van der Waals surface area contributed by atoms with Gasteiger partial charge in [0.1, 0.15) is 12.2 Å². The van der Waals surface area contributed by atoms with Gasteiger partial charge in [-0.25, -0.2) is 0 Å². The third kappa shape index (κ3) is 9.05. The van der Waals surface area contributed by atoms with E-state index in [1.807, 2.05) is 0 Å². The lowest BCUT2D eigenvalue weighted by Crippen LogP contribution is -2.40. The molecule has 0 bridgehead atoms. The minimum atomic E-state index is 0. The van der Waals surface area contributed by atoms with Crippen molar-refractivity contribution in [3.8, 4) is 0 Å². The zero-order chi connectivity index (χ0) is 21.7. The van der Waals surface area contributed by atoms with Crippen LogP contribution in [0.25, 0.3) is 0 Å². The van der Waals surface area contributed by atoms with Gasteiger partial charge < -0.3 is 20.1 Å². The highest BCUT2D eigenvalue weighted by atomic mass is 127. The number of hydrogen-bond acceptors (Lipinski definition) is 4. The predicted molar refractivity (Wildman–Crippen MR) is 143 cm³/mol. The fourth-order valence-electron chi connectivity index (χ4n) is 4.06. The van der Waals surface area contributed by atoms with Gasteiger partial charge in [0.25, 0.3) is 0 Å². The van der Waals surface area contributed by atoms with Gasteiger partial charge in [0.2, 0.25) is 0 Å². The van der Waals surface area contributed by atoms with E-state index in [-0.39, 0.29) is 30.0 Å². The van der Waals surface area contributed by atoms with Crippen molar-refractivity contribution in [2.24, 2.45) is 4.99 Å². The van der Waals surface area contributed by atoms with E-state index in [1.54, 1.807) is 6.33 Å². The number of hydrogen-bond donors (Lipinski definition) is 2. The summed E-state index contributed by atoms with van der Waals surface area (Å²) in [5.41, 5.74) is 1.26. The average molecular weight is 554 g/mol. The Labute approximate surface area is 210 Å². The van der Waals surface area contributed by atoms with Gasteiger partial charge in [-0.15, -0.1) is 34.2 Å². The molecule has 1 saturated heterocycles. The second-order valence-electron chi connectivity index (χ2n) is 8.34. The van der Waals surface area contributed by atoms with Crippen LogP contribution >= 0.6 is 24.0 Å². The average Bonchev–Trinajstić information content (AvgIpc) is 3.09. The molecule has 8 heteroatoms. The molecule has 178 valence electrons. The Morgan fingerprint density at radius 1 is 1.09 bits per heavy atom. The lowest BCUT2D eigenvalue weighted by molar-refractivity contribution is 0.283. The molecule has 1 aliphatic rings. The summed E-state index contributed by atoms with van der Waals surface area (Å²) < 4.78 is 2.10. The lowest BCUT2D eigenvalue weighted by Gasteiger charge is -2.20.